The fourth-order valence-corrected chi connectivity index (χ4v) is 24.2. The van der Waals surface area contributed by atoms with Crippen molar-refractivity contribution in [1.29, 1.82) is 0 Å². The molecule has 31 aromatic rings. The smallest absolute Gasteiger partial charge is 0.237 e. The van der Waals surface area contributed by atoms with Crippen LogP contribution in [-0.2, 0) is 0 Å². The number of para-hydroxylation sites is 11. The van der Waals surface area contributed by atoms with E-state index in [4.69, 9.17) is 9.97 Å². The molecule has 0 aliphatic carbocycles. The van der Waals surface area contributed by atoms with Gasteiger partial charge in [-0.05, 0) is 292 Å². The molecule has 0 atom stereocenters. The third kappa shape index (κ3) is 11.9. The molecule has 0 aliphatic heterocycles. The predicted molar refractivity (Wildman–Crippen MR) is 601 cm³/mol. The maximum Gasteiger partial charge on any atom is 0.237 e. The van der Waals surface area contributed by atoms with E-state index < -0.39 is 0 Å². The van der Waals surface area contributed by atoms with Crippen molar-refractivity contribution in [2.24, 2.45) is 0 Å². The summed E-state index contributed by atoms with van der Waals surface area (Å²) in [5.41, 5.74) is 36.3. The summed E-state index contributed by atoms with van der Waals surface area (Å²) in [7, 11) is 0. The molecule has 0 N–H and O–H groups in total. The minimum Gasteiger partial charge on any atom is -0.309 e. The second-order valence-corrected chi connectivity index (χ2v) is 38.3. The van der Waals surface area contributed by atoms with Crippen LogP contribution in [0.2, 0.25) is 0 Å². The van der Waals surface area contributed by atoms with E-state index in [-0.39, 0.29) is 0 Å². The molecule has 668 valence electrons. The van der Waals surface area contributed by atoms with Crippen LogP contribution in [0.1, 0.15) is 0 Å². The van der Waals surface area contributed by atoms with E-state index >= 15 is 0 Å². The molecular weight excluding hydrogens is 1750 g/mol. The van der Waals surface area contributed by atoms with E-state index in [1.807, 2.05) is 0 Å². The Labute approximate surface area is 825 Å². The van der Waals surface area contributed by atoms with E-state index in [9.17, 15) is 0 Å². The number of aromatic nitrogens is 10. The zero-order valence-electron chi connectivity index (χ0n) is 77.8. The van der Waals surface area contributed by atoms with Gasteiger partial charge in [-0.1, -0.05) is 261 Å². The quantitative estimate of drug-likeness (QED) is 0.115. The molecule has 9 heterocycles. The predicted octanol–water partition coefficient (Wildman–Crippen LogP) is 34.7. The van der Waals surface area contributed by atoms with Gasteiger partial charge in [0.1, 0.15) is 0 Å². The first kappa shape index (κ1) is 79.6. The van der Waals surface area contributed by atoms with Gasteiger partial charge in [-0.15, -0.1) is 0 Å². The lowest BCUT2D eigenvalue weighted by molar-refractivity contribution is 0.972. The monoisotopic (exact) mass is 1830 g/mol. The average Bonchev–Trinajstić information content (AvgIpc) is 1.55. The summed E-state index contributed by atoms with van der Waals surface area (Å²) < 4.78 is 19.2. The largest absolute Gasteiger partial charge is 0.309 e. The number of hydrogen-bond donors (Lipinski definition) is 0. The number of nitrogens with zero attached hydrogens (tertiary/aromatic N) is 10. The molecule has 9 aromatic heterocycles. The molecule has 10 nitrogen and oxygen atoms in total. The average molecular weight is 1830 g/mol. The molecule has 22 aromatic carbocycles. The fourth-order valence-electron chi connectivity index (χ4n) is 24.2. The van der Waals surface area contributed by atoms with Crippen LogP contribution in [0.25, 0.3) is 287 Å². The summed E-state index contributed by atoms with van der Waals surface area (Å²) in [5, 5.41) is 19.5. The first-order chi connectivity index (χ1) is 71.4. The third-order valence-electron chi connectivity index (χ3n) is 30.6. The van der Waals surface area contributed by atoms with Crippen LogP contribution in [0.15, 0.2) is 497 Å². The normalized spacial score (nSPS) is 12.2. The molecule has 0 radical (unpaired) electrons. The van der Waals surface area contributed by atoms with Gasteiger partial charge < -0.3 is 27.4 Å². The number of benzene rings is 22. The summed E-state index contributed by atoms with van der Waals surface area (Å²) >= 11 is 0. The second-order valence-electron chi connectivity index (χ2n) is 38.3. The van der Waals surface area contributed by atoms with E-state index in [0.717, 1.165) is 216 Å². The standard InChI is InChI=1S/C134H82N10/c1-6-28-93(29-7-1)137-117-44-22-16-38-99(117)105-72-83(50-62-123(105)137)84-55-67-128-110(77-84)104-43-21-27-49-122(104)142(128)98-60-61-116-115(82-98)133(143-129-68-56-89(85-51-63-124-106(73-85)100-39-17-23-45-118(100)138(124)94-30-8-2-9-31-94)78-111(129)112-79-90(57-69-130(112)143)86-52-64-125-107(74-86)101-40-18-24-46-119(101)139(125)95-32-10-3-11-33-95)136-134(135-116)144-131-70-58-91(87-53-65-126-108(75-87)102-41-19-25-47-120(102)140(126)96-34-12-4-13-35-96)80-113(131)114-81-92(59-71-132(114)144)88-54-66-127-109(76-88)103-42-20-26-48-121(103)141(127)97-36-14-5-15-37-97/h1-82H. The van der Waals surface area contributed by atoms with Crippen LogP contribution >= 0.6 is 0 Å². The minimum atomic E-state index is 0.539. The summed E-state index contributed by atoms with van der Waals surface area (Å²) in [4.78, 5) is 12.3. The number of rotatable bonds is 13. The Morgan fingerprint density at radius 3 is 0.521 bits per heavy atom. The Morgan fingerprint density at radius 1 is 0.111 bits per heavy atom. The zero-order chi connectivity index (χ0) is 94.0. The Bertz CT molecular complexity index is 10400. The van der Waals surface area contributed by atoms with Gasteiger partial charge in [-0.3, -0.25) is 9.13 Å². The molecule has 144 heavy (non-hydrogen) atoms. The van der Waals surface area contributed by atoms with Crippen molar-refractivity contribution >= 4 is 185 Å². The van der Waals surface area contributed by atoms with Crippen molar-refractivity contribution in [2.75, 3.05) is 0 Å². The third-order valence-corrected chi connectivity index (χ3v) is 30.6. The summed E-state index contributed by atoms with van der Waals surface area (Å²) in [5.74, 6) is 1.28. The zero-order valence-corrected chi connectivity index (χ0v) is 77.8. The molecule has 10 heteroatoms. The molecular formula is C134H82N10. The van der Waals surface area contributed by atoms with Crippen molar-refractivity contribution in [3.63, 3.8) is 0 Å². The molecule has 0 unspecified atom stereocenters. The van der Waals surface area contributed by atoms with Crippen LogP contribution < -0.4 is 0 Å². The van der Waals surface area contributed by atoms with Gasteiger partial charge >= 0.3 is 0 Å². The van der Waals surface area contributed by atoms with E-state index in [1.165, 1.54) is 64.9 Å². The van der Waals surface area contributed by atoms with Crippen molar-refractivity contribution in [3.05, 3.63) is 497 Å². The van der Waals surface area contributed by atoms with Crippen molar-refractivity contribution < 1.29 is 0 Å². The van der Waals surface area contributed by atoms with Crippen LogP contribution in [-0.4, -0.2) is 46.5 Å². The number of fused-ring (bicyclic) bond motifs is 25. The lowest BCUT2D eigenvalue weighted by atomic mass is 9.98. The summed E-state index contributed by atoms with van der Waals surface area (Å²) in [6.45, 7) is 0. The molecule has 0 amide bonds. The first-order valence-electron chi connectivity index (χ1n) is 49.4. The van der Waals surface area contributed by atoms with Crippen LogP contribution in [0, 0.1) is 0 Å². The van der Waals surface area contributed by atoms with Crippen molar-refractivity contribution in [1.82, 2.24) is 46.5 Å². The van der Waals surface area contributed by atoms with Gasteiger partial charge in [0.05, 0.1) is 93.8 Å². The molecule has 0 saturated heterocycles. The molecule has 0 bridgehead atoms. The van der Waals surface area contributed by atoms with Gasteiger partial charge in [-0.25, -0.2) is 4.98 Å². The highest BCUT2D eigenvalue weighted by molar-refractivity contribution is 6.20. The van der Waals surface area contributed by atoms with E-state index in [2.05, 4.69) is 534 Å². The van der Waals surface area contributed by atoms with Gasteiger partial charge in [0, 0.05) is 126 Å². The Morgan fingerprint density at radius 2 is 0.292 bits per heavy atom. The molecule has 0 spiro atoms. The highest BCUT2D eigenvalue weighted by Crippen LogP contribution is 2.49. The lowest BCUT2D eigenvalue weighted by Crippen LogP contribution is -2.08. The second kappa shape index (κ2) is 31.0. The van der Waals surface area contributed by atoms with Gasteiger partial charge in [0.25, 0.3) is 0 Å². The van der Waals surface area contributed by atoms with E-state index in [1.54, 1.807) is 0 Å². The highest BCUT2D eigenvalue weighted by atomic mass is 15.2. The fraction of sp³-hybridized carbons (Fsp3) is 0. The van der Waals surface area contributed by atoms with E-state index in [0.29, 0.717) is 5.95 Å². The van der Waals surface area contributed by atoms with Gasteiger partial charge in [-0.2, -0.15) is 4.98 Å². The highest BCUT2D eigenvalue weighted by Gasteiger charge is 2.28. The maximum atomic E-state index is 6.32. The van der Waals surface area contributed by atoms with Crippen molar-refractivity contribution in [3.8, 4) is 102 Å². The van der Waals surface area contributed by atoms with Crippen LogP contribution in [0.3, 0.4) is 0 Å². The number of hydrogen-bond acceptors (Lipinski definition) is 2. The molecule has 31 rings (SSSR count). The minimum absolute atomic E-state index is 0.539. The van der Waals surface area contributed by atoms with Crippen molar-refractivity contribution in [2.45, 2.75) is 0 Å². The molecule has 0 aliphatic rings. The van der Waals surface area contributed by atoms with Crippen LogP contribution in [0.4, 0.5) is 0 Å². The summed E-state index contributed by atoms with van der Waals surface area (Å²) in [6.07, 6.45) is 0. The lowest BCUT2D eigenvalue weighted by Gasteiger charge is -2.16. The topological polar surface area (TPSA) is 65.2 Å². The first-order valence-corrected chi connectivity index (χ1v) is 49.4. The molecule has 0 saturated carbocycles. The van der Waals surface area contributed by atoms with Crippen LogP contribution in [0.5, 0.6) is 0 Å². The van der Waals surface area contributed by atoms with Gasteiger partial charge in [0.2, 0.25) is 5.95 Å². The Hall–Kier alpha value is -19.4. The summed E-state index contributed by atoms with van der Waals surface area (Å²) in [6, 6.07) is 184. The Kier molecular flexibility index (Phi) is 17.2. The van der Waals surface area contributed by atoms with Gasteiger partial charge in [0.15, 0.2) is 5.82 Å². The molecule has 0 fully saturated rings. The maximum absolute atomic E-state index is 6.32. The SMILES string of the molecule is c1ccc(-n2c3ccccc3c3cc(-c4ccc5c(c4)c4ccccc4n5-c4ccc5nc(-n6c7ccc(-c8ccc9c(c8)c8ccccc8n9-c8ccccc8)cc7c7cc(-c8ccc9c(c8)c8ccccc8n9-c8ccccc8)ccc76)nc(-n6c7ccc(-c8ccc9c(c8)c8ccccc8n9-c8ccccc8)cc7c7cc(-c8ccc9c(c8)c8ccccc8n9-c8ccccc8)ccc76)c5c4)ccc32)cc1. The Balaban J connectivity index is 0.649.